The van der Waals surface area contributed by atoms with Gasteiger partial charge in [-0.15, -0.1) is 0 Å². The molecule has 19 heavy (non-hydrogen) atoms. The van der Waals surface area contributed by atoms with E-state index in [0.29, 0.717) is 30.3 Å². The van der Waals surface area contributed by atoms with Gasteiger partial charge in [-0.3, -0.25) is 4.79 Å². The minimum atomic E-state index is 0.239. The molecule has 0 aliphatic carbocycles. The highest BCUT2D eigenvalue weighted by atomic mass is 16.5. The molecule has 1 aromatic carbocycles. The van der Waals surface area contributed by atoms with E-state index in [4.69, 9.17) is 14.6 Å². The molecular weight excluding hydrogens is 244 g/mol. The second-order valence-corrected chi connectivity index (χ2v) is 4.21. The van der Waals surface area contributed by atoms with Gasteiger partial charge in [0, 0.05) is 6.61 Å². The summed E-state index contributed by atoms with van der Waals surface area (Å²) >= 11 is 0. The van der Waals surface area contributed by atoms with E-state index in [1.165, 1.54) is 0 Å². The summed E-state index contributed by atoms with van der Waals surface area (Å²) in [5, 5.41) is 8.68. The highest BCUT2D eigenvalue weighted by molar-refractivity contribution is 5.81. The molecule has 0 aliphatic heterocycles. The van der Waals surface area contributed by atoms with Crippen LogP contribution in [0.2, 0.25) is 0 Å². The van der Waals surface area contributed by atoms with E-state index in [9.17, 15) is 4.79 Å². The van der Waals surface area contributed by atoms with Crippen molar-refractivity contribution in [3.05, 3.63) is 23.8 Å². The fourth-order valence-corrected chi connectivity index (χ4v) is 1.79. The number of carbonyl (C=O) groups is 1. The maximum absolute atomic E-state index is 11.0. The Morgan fingerprint density at radius 1 is 1.16 bits per heavy atom. The van der Waals surface area contributed by atoms with Crippen LogP contribution in [0.5, 0.6) is 11.5 Å². The lowest BCUT2D eigenvalue weighted by atomic mass is 10.2. The monoisotopic (exact) mass is 266 g/mol. The lowest BCUT2D eigenvalue weighted by Crippen LogP contribution is -2.03. The van der Waals surface area contributed by atoms with Crippen molar-refractivity contribution in [3.8, 4) is 11.5 Å². The van der Waals surface area contributed by atoms with Crippen LogP contribution in [0.25, 0.3) is 0 Å². The summed E-state index contributed by atoms with van der Waals surface area (Å²) in [6.07, 6.45) is 4.51. The molecule has 0 bridgehead atoms. The van der Waals surface area contributed by atoms with Crippen LogP contribution >= 0.6 is 0 Å². The highest BCUT2D eigenvalue weighted by Crippen LogP contribution is 2.30. The molecule has 106 valence electrons. The lowest BCUT2D eigenvalue weighted by molar-refractivity contribution is 0.111. The van der Waals surface area contributed by atoms with Crippen molar-refractivity contribution >= 4 is 6.29 Å². The van der Waals surface area contributed by atoms with Gasteiger partial charge < -0.3 is 14.6 Å². The van der Waals surface area contributed by atoms with E-state index in [-0.39, 0.29) is 6.61 Å². The van der Waals surface area contributed by atoms with Crippen molar-refractivity contribution in [2.75, 3.05) is 19.8 Å². The Balaban J connectivity index is 2.52. The SMILES string of the molecule is CCOc1cccc(C=O)c1OCCCCCCO. The van der Waals surface area contributed by atoms with Crippen molar-refractivity contribution < 1.29 is 19.4 Å². The van der Waals surface area contributed by atoms with Gasteiger partial charge in [-0.2, -0.15) is 0 Å². The number of rotatable bonds is 10. The highest BCUT2D eigenvalue weighted by Gasteiger charge is 2.10. The van der Waals surface area contributed by atoms with Crippen molar-refractivity contribution in [3.63, 3.8) is 0 Å². The topological polar surface area (TPSA) is 55.8 Å². The molecule has 0 fully saturated rings. The van der Waals surface area contributed by atoms with Gasteiger partial charge in [0.1, 0.15) is 0 Å². The van der Waals surface area contributed by atoms with Crippen molar-refractivity contribution in [2.45, 2.75) is 32.6 Å². The van der Waals surface area contributed by atoms with E-state index in [2.05, 4.69) is 0 Å². The Kier molecular flexibility index (Phi) is 7.66. The third-order valence-electron chi connectivity index (χ3n) is 2.74. The molecule has 4 heteroatoms. The molecule has 0 amide bonds. The van der Waals surface area contributed by atoms with Gasteiger partial charge in [0.05, 0.1) is 18.8 Å². The third kappa shape index (κ3) is 5.30. The summed E-state index contributed by atoms with van der Waals surface area (Å²) in [5.41, 5.74) is 0.515. The molecule has 0 aromatic heterocycles. The number of para-hydroxylation sites is 1. The quantitative estimate of drug-likeness (QED) is 0.522. The zero-order valence-corrected chi connectivity index (χ0v) is 11.4. The van der Waals surface area contributed by atoms with E-state index in [1.807, 2.05) is 6.92 Å². The fraction of sp³-hybridized carbons (Fsp3) is 0.533. The number of unbranched alkanes of at least 4 members (excludes halogenated alkanes) is 3. The van der Waals surface area contributed by atoms with Crippen molar-refractivity contribution in [1.29, 1.82) is 0 Å². The summed E-state index contributed by atoms with van der Waals surface area (Å²) in [4.78, 5) is 11.0. The van der Waals surface area contributed by atoms with Gasteiger partial charge in [-0.1, -0.05) is 12.5 Å². The minimum Gasteiger partial charge on any atom is -0.490 e. The Labute approximate surface area is 114 Å². The smallest absolute Gasteiger partial charge is 0.171 e. The number of carbonyl (C=O) groups excluding carboxylic acids is 1. The molecule has 1 N–H and O–H groups in total. The van der Waals surface area contributed by atoms with Crippen LogP contribution in [0.3, 0.4) is 0 Å². The molecule has 0 atom stereocenters. The molecule has 1 aromatic rings. The standard InChI is InChI=1S/C15H22O4/c1-2-18-14-9-7-8-13(12-17)15(14)19-11-6-4-3-5-10-16/h7-9,12,16H,2-6,10-11H2,1H3. The molecule has 0 saturated carbocycles. The van der Waals surface area contributed by atoms with Crippen molar-refractivity contribution in [1.82, 2.24) is 0 Å². The molecule has 0 heterocycles. The predicted octanol–water partition coefficient (Wildman–Crippen LogP) is 2.83. The fourth-order valence-electron chi connectivity index (χ4n) is 1.79. The molecule has 0 radical (unpaired) electrons. The van der Waals surface area contributed by atoms with E-state index in [1.54, 1.807) is 18.2 Å². The summed E-state index contributed by atoms with van der Waals surface area (Å²) in [6, 6.07) is 5.30. The summed E-state index contributed by atoms with van der Waals surface area (Å²) in [6.45, 7) is 3.22. The van der Waals surface area contributed by atoms with Crippen molar-refractivity contribution in [2.24, 2.45) is 0 Å². The van der Waals surface area contributed by atoms with Crippen LogP contribution in [0, 0.1) is 0 Å². The first-order valence-corrected chi connectivity index (χ1v) is 6.78. The number of benzene rings is 1. The van der Waals surface area contributed by atoms with Gasteiger partial charge in [0.15, 0.2) is 17.8 Å². The zero-order valence-electron chi connectivity index (χ0n) is 11.4. The van der Waals surface area contributed by atoms with Crippen LogP contribution in [-0.4, -0.2) is 31.2 Å². The molecule has 0 unspecified atom stereocenters. The first-order valence-electron chi connectivity index (χ1n) is 6.78. The Bertz CT molecular complexity index is 376. The van der Waals surface area contributed by atoms with Crippen LogP contribution in [0.4, 0.5) is 0 Å². The number of aliphatic hydroxyl groups excluding tert-OH is 1. The van der Waals surface area contributed by atoms with Crippen LogP contribution in [-0.2, 0) is 0 Å². The molecule has 1 rings (SSSR count). The summed E-state index contributed by atoms with van der Waals surface area (Å²) < 4.78 is 11.1. The predicted molar refractivity (Wildman–Crippen MR) is 74.0 cm³/mol. The average Bonchev–Trinajstić information content (AvgIpc) is 2.44. The van der Waals surface area contributed by atoms with Crippen LogP contribution in [0.1, 0.15) is 43.0 Å². The number of aldehydes is 1. The Morgan fingerprint density at radius 3 is 2.63 bits per heavy atom. The number of ether oxygens (including phenoxy) is 2. The molecule has 4 nitrogen and oxygen atoms in total. The number of hydrogen-bond donors (Lipinski definition) is 1. The Morgan fingerprint density at radius 2 is 1.95 bits per heavy atom. The minimum absolute atomic E-state index is 0.239. The number of hydrogen-bond acceptors (Lipinski definition) is 4. The van der Waals surface area contributed by atoms with Gasteiger partial charge in [-0.25, -0.2) is 0 Å². The molecule has 0 aliphatic rings. The first kappa shape index (κ1) is 15.5. The average molecular weight is 266 g/mol. The second-order valence-electron chi connectivity index (χ2n) is 4.21. The molecule has 0 spiro atoms. The van der Waals surface area contributed by atoms with E-state index in [0.717, 1.165) is 32.0 Å². The van der Waals surface area contributed by atoms with Gasteiger partial charge >= 0.3 is 0 Å². The first-order chi connectivity index (χ1) is 9.33. The van der Waals surface area contributed by atoms with Gasteiger partial charge in [-0.05, 0) is 38.3 Å². The summed E-state index contributed by atoms with van der Waals surface area (Å²) in [7, 11) is 0. The Hall–Kier alpha value is -1.55. The van der Waals surface area contributed by atoms with Gasteiger partial charge in [0.2, 0.25) is 0 Å². The number of aliphatic hydroxyl groups is 1. The van der Waals surface area contributed by atoms with E-state index >= 15 is 0 Å². The second kappa shape index (κ2) is 9.39. The van der Waals surface area contributed by atoms with Crippen LogP contribution < -0.4 is 9.47 Å². The molecular formula is C15H22O4. The zero-order chi connectivity index (χ0) is 13.9. The lowest BCUT2D eigenvalue weighted by Gasteiger charge is -2.13. The van der Waals surface area contributed by atoms with E-state index < -0.39 is 0 Å². The maximum Gasteiger partial charge on any atom is 0.171 e. The summed E-state index contributed by atoms with van der Waals surface area (Å²) in [5.74, 6) is 1.14. The maximum atomic E-state index is 11.0. The largest absolute Gasteiger partial charge is 0.490 e. The third-order valence-corrected chi connectivity index (χ3v) is 2.74. The normalized spacial score (nSPS) is 10.2. The van der Waals surface area contributed by atoms with Gasteiger partial charge in [0.25, 0.3) is 0 Å². The molecule has 0 saturated heterocycles. The van der Waals surface area contributed by atoms with Crippen LogP contribution in [0.15, 0.2) is 18.2 Å².